The van der Waals surface area contributed by atoms with Crippen molar-refractivity contribution in [2.45, 2.75) is 32.4 Å². The highest BCUT2D eigenvalue weighted by atomic mass is 16.3. The minimum atomic E-state index is -1.03. The zero-order valence-electron chi connectivity index (χ0n) is 12.3. The fourth-order valence-corrected chi connectivity index (χ4v) is 2.06. The van der Waals surface area contributed by atoms with E-state index >= 15 is 0 Å². The molecular formula is C17H20N2O2. The molecule has 2 unspecified atom stereocenters. The molecule has 0 fully saturated rings. The van der Waals surface area contributed by atoms with Gasteiger partial charge in [0.15, 0.2) is 0 Å². The number of nitrogens with one attached hydrogen (secondary N) is 1. The second-order valence-corrected chi connectivity index (χ2v) is 5.18. The highest BCUT2D eigenvalue weighted by molar-refractivity contribution is 5.80. The van der Waals surface area contributed by atoms with Gasteiger partial charge in [-0.1, -0.05) is 35.9 Å². The van der Waals surface area contributed by atoms with Crippen LogP contribution in [0, 0.1) is 6.92 Å². The number of benzene rings is 1. The molecule has 2 N–H and O–H groups in total. The summed E-state index contributed by atoms with van der Waals surface area (Å²) in [7, 11) is 0. The Hall–Kier alpha value is -2.20. The van der Waals surface area contributed by atoms with Gasteiger partial charge in [-0.2, -0.15) is 0 Å². The van der Waals surface area contributed by atoms with Gasteiger partial charge in [-0.3, -0.25) is 9.78 Å². The van der Waals surface area contributed by atoms with Gasteiger partial charge in [-0.05, 0) is 38.0 Å². The molecule has 0 saturated heterocycles. The molecule has 0 spiro atoms. The minimum Gasteiger partial charge on any atom is -0.384 e. The van der Waals surface area contributed by atoms with Gasteiger partial charge in [0.1, 0.15) is 6.10 Å². The molecule has 0 bridgehead atoms. The number of aliphatic hydroxyl groups is 1. The summed E-state index contributed by atoms with van der Waals surface area (Å²) in [5.74, 6) is -0.391. The summed E-state index contributed by atoms with van der Waals surface area (Å²) in [6.45, 7) is 3.49. The Kier molecular flexibility index (Phi) is 5.06. The summed E-state index contributed by atoms with van der Waals surface area (Å²) in [5, 5.41) is 12.2. The van der Waals surface area contributed by atoms with Crippen molar-refractivity contribution in [2.75, 3.05) is 0 Å². The van der Waals surface area contributed by atoms with Crippen molar-refractivity contribution in [3.05, 3.63) is 65.5 Å². The van der Waals surface area contributed by atoms with Crippen LogP contribution in [0.3, 0.4) is 0 Å². The van der Waals surface area contributed by atoms with E-state index in [1.165, 1.54) is 12.5 Å². The van der Waals surface area contributed by atoms with Crippen LogP contribution in [-0.2, 0) is 11.2 Å². The van der Waals surface area contributed by atoms with Crippen LogP contribution in [0.15, 0.2) is 48.7 Å². The molecule has 2 rings (SSSR count). The third kappa shape index (κ3) is 4.39. The molecule has 1 amide bonds. The van der Waals surface area contributed by atoms with Crippen LogP contribution < -0.4 is 5.32 Å². The quantitative estimate of drug-likeness (QED) is 0.884. The molecule has 110 valence electrons. The fourth-order valence-electron chi connectivity index (χ4n) is 2.06. The molecule has 0 aliphatic heterocycles. The number of hydrogen-bond acceptors (Lipinski definition) is 3. The number of rotatable bonds is 5. The molecule has 0 aliphatic rings. The van der Waals surface area contributed by atoms with E-state index in [0.717, 1.165) is 11.3 Å². The molecule has 2 atom stereocenters. The van der Waals surface area contributed by atoms with Crippen molar-refractivity contribution >= 4 is 5.91 Å². The van der Waals surface area contributed by atoms with Crippen molar-refractivity contribution in [2.24, 2.45) is 0 Å². The van der Waals surface area contributed by atoms with Crippen molar-refractivity contribution in [1.82, 2.24) is 10.3 Å². The van der Waals surface area contributed by atoms with Crippen molar-refractivity contribution in [1.29, 1.82) is 0 Å². The SMILES string of the molecule is Cc1ccc(CC(NC(=O)C(C)O)c2ccccn2)cc1. The van der Waals surface area contributed by atoms with E-state index in [-0.39, 0.29) is 6.04 Å². The predicted octanol–water partition coefficient (Wildman–Crippen LogP) is 2.17. The molecule has 1 aromatic heterocycles. The van der Waals surface area contributed by atoms with Crippen molar-refractivity contribution < 1.29 is 9.90 Å². The molecule has 4 nitrogen and oxygen atoms in total. The first-order chi connectivity index (χ1) is 10.1. The van der Waals surface area contributed by atoms with E-state index in [1.807, 2.05) is 49.4 Å². The van der Waals surface area contributed by atoms with Gasteiger partial charge < -0.3 is 10.4 Å². The number of aliphatic hydroxyl groups excluding tert-OH is 1. The van der Waals surface area contributed by atoms with E-state index in [4.69, 9.17) is 0 Å². The smallest absolute Gasteiger partial charge is 0.249 e. The number of aromatic nitrogens is 1. The number of carbonyl (C=O) groups is 1. The largest absolute Gasteiger partial charge is 0.384 e. The molecular weight excluding hydrogens is 264 g/mol. The van der Waals surface area contributed by atoms with Crippen molar-refractivity contribution in [3.63, 3.8) is 0 Å². The average molecular weight is 284 g/mol. The van der Waals surface area contributed by atoms with Crippen LogP contribution in [0.5, 0.6) is 0 Å². The lowest BCUT2D eigenvalue weighted by Crippen LogP contribution is -2.36. The Morgan fingerprint density at radius 1 is 1.24 bits per heavy atom. The number of carbonyl (C=O) groups excluding carboxylic acids is 1. The van der Waals surface area contributed by atoms with Crippen molar-refractivity contribution in [3.8, 4) is 0 Å². The normalized spacial score (nSPS) is 13.5. The van der Waals surface area contributed by atoms with E-state index in [9.17, 15) is 9.90 Å². The molecule has 21 heavy (non-hydrogen) atoms. The predicted molar refractivity (Wildman–Crippen MR) is 81.7 cm³/mol. The second-order valence-electron chi connectivity index (χ2n) is 5.18. The fraction of sp³-hybridized carbons (Fsp3) is 0.294. The number of hydrogen-bond donors (Lipinski definition) is 2. The van der Waals surface area contributed by atoms with Gasteiger partial charge in [0.2, 0.25) is 5.91 Å². The number of nitrogens with zero attached hydrogens (tertiary/aromatic N) is 1. The number of aryl methyl sites for hydroxylation is 1. The molecule has 1 aromatic carbocycles. The van der Waals surface area contributed by atoms with Gasteiger partial charge >= 0.3 is 0 Å². The zero-order chi connectivity index (χ0) is 15.2. The van der Waals surface area contributed by atoms with Crippen LogP contribution in [0.1, 0.15) is 29.8 Å². The van der Waals surface area contributed by atoms with Gasteiger partial charge in [0.25, 0.3) is 0 Å². The lowest BCUT2D eigenvalue weighted by Gasteiger charge is -2.19. The van der Waals surface area contributed by atoms with Gasteiger partial charge in [-0.25, -0.2) is 0 Å². The summed E-state index contributed by atoms with van der Waals surface area (Å²) in [6, 6.07) is 13.5. The maximum atomic E-state index is 11.8. The minimum absolute atomic E-state index is 0.254. The van der Waals surface area contributed by atoms with Crippen LogP contribution in [-0.4, -0.2) is 22.1 Å². The lowest BCUT2D eigenvalue weighted by molar-refractivity contribution is -0.129. The molecule has 0 saturated carbocycles. The van der Waals surface area contributed by atoms with Gasteiger partial charge in [0.05, 0.1) is 11.7 Å². The Bertz CT molecular complexity index is 579. The summed E-state index contributed by atoms with van der Waals surface area (Å²) >= 11 is 0. The first kappa shape index (κ1) is 15.2. The zero-order valence-corrected chi connectivity index (χ0v) is 12.3. The highest BCUT2D eigenvalue weighted by Crippen LogP contribution is 2.17. The average Bonchev–Trinajstić information content (AvgIpc) is 2.49. The maximum absolute atomic E-state index is 11.8. The maximum Gasteiger partial charge on any atom is 0.249 e. The monoisotopic (exact) mass is 284 g/mol. The van der Waals surface area contributed by atoms with Crippen LogP contribution >= 0.6 is 0 Å². The topological polar surface area (TPSA) is 62.2 Å². The Labute approximate surface area is 124 Å². The third-order valence-corrected chi connectivity index (χ3v) is 3.30. The molecule has 0 aliphatic carbocycles. The Morgan fingerprint density at radius 2 is 1.95 bits per heavy atom. The molecule has 1 heterocycles. The summed E-state index contributed by atoms with van der Waals surface area (Å²) in [4.78, 5) is 16.1. The number of pyridine rings is 1. The van der Waals surface area contributed by atoms with Crippen LogP contribution in [0.25, 0.3) is 0 Å². The molecule has 0 radical (unpaired) electrons. The summed E-state index contributed by atoms with van der Waals surface area (Å²) < 4.78 is 0. The standard InChI is InChI=1S/C17H20N2O2/c1-12-6-8-14(9-7-12)11-16(19-17(21)13(2)20)15-5-3-4-10-18-15/h3-10,13,16,20H,11H2,1-2H3,(H,19,21). The highest BCUT2D eigenvalue weighted by Gasteiger charge is 2.18. The Morgan fingerprint density at radius 3 is 2.52 bits per heavy atom. The summed E-state index contributed by atoms with van der Waals surface area (Å²) in [6.07, 6.45) is 1.30. The van der Waals surface area contributed by atoms with E-state index in [1.54, 1.807) is 6.20 Å². The van der Waals surface area contributed by atoms with Crippen LogP contribution in [0.4, 0.5) is 0 Å². The first-order valence-corrected chi connectivity index (χ1v) is 7.01. The number of amides is 1. The van der Waals surface area contributed by atoms with E-state index < -0.39 is 12.0 Å². The van der Waals surface area contributed by atoms with Gasteiger partial charge in [0, 0.05) is 6.20 Å². The first-order valence-electron chi connectivity index (χ1n) is 7.01. The lowest BCUT2D eigenvalue weighted by atomic mass is 10.0. The third-order valence-electron chi connectivity index (χ3n) is 3.30. The van der Waals surface area contributed by atoms with Crippen LogP contribution in [0.2, 0.25) is 0 Å². The van der Waals surface area contributed by atoms with E-state index in [2.05, 4.69) is 10.3 Å². The molecule has 2 aromatic rings. The molecule has 4 heteroatoms. The Balaban J connectivity index is 2.19. The van der Waals surface area contributed by atoms with E-state index in [0.29, 0.717) is 6.42 Å². The summed E-state index contributed by atoms with van der Waals surface area (Å²) in [5.41, 5.74) is 3.09. The van der Waals surface area contributed by atoms with Gasteiger partial charge in [-0.15, -0.1) is 0 Å². The second kappa shape index (κ2) is 6.99.